The van der Waals surface area contributed by atoms with Crippen molar-refractivity contribution in [3.8, 4) is 0 Å². The summed E-state index contributed by atoms with van der Waals surface area (Å²) in [5.74, 6) is -0.244. The molecule has 0 aliphatic rings. The van der Waals surface area contributed by atoms with E-state index in [1.807, 2.05) is 6.92 Å². The highest BCUT2D eigenvalue weighted by Crippen LogP contribution is 2.19. The van der Waals surface area contributed by atoms with Gasteiger partial charge in [-0.2, -0.15) is 5.10 Å². The van der Waals surface area contributed by atoms with Crippen LogP contribution in [0.15, 0.2) is 29.3 Å². The van der Waals surface area contributed by atoms with E-state index >= 15 is 0 Å². The third-order valence-electron chi connectivity index (χ3n) is 2.79. The highest BCUT2D eigenvalue weighted by Gasteiger charge is 2.18. The molecule has 7 heteroatoms. The summed E-state index contributed by atoms with van der Waals surface area (Å²) in [6.45, 7) is 3.46. The van der Waals surface area contributed by atoms with Gasteiger partial charge in [0, 0.05) is 5.56 Å². The lowest BCUT2D eigenvalue weighted by atomic mass is 10.2. The van der Waals surface area contributed by atoms with Crippen LogP contribution in [0, 0.1) is 12.7 Å². The van der Waals surface area contributed by atoms with Gasteiger partial charge in [-0.05, 0) is 31.0 Å². The Kier molecular flexibility index (Phi) is 3.57. The fourth-order valence-corrected chi connectivity index (χ4v) is 2.67. The van der Waals surface area contributed by atoms with E-state index in [2.05, 4.69) is 14.9 Å². The van der Waals surface area contributed by atoms with E-state index in [9.17, 15) is 12.8 Å². The lowest BCUT2D eigenvalue weighted by Gasteiger charge is -2.08. The van der Waals surface area contributed by atoms with Gasteiger partial charge in [0.2, 0.25) is 0 Å². The van der Waals surface area contributed by atoms with Gasteiger partial charge in [-0.25, -0.2) is 12.8 Å². The van der Waals surface area contributed by atoms with Crippen LogP contribution in [-0.2, 0) is 16.4 Å². The molecule has 2 rings (SSSR count). The van der Waals surface area contributed by atoms with Gasteiger partial charge in [0.25, 0.3) is 10.0 Å². The molecule has 1 heterocycles. The minimum atomic E-state index is -3.82. The number of halogens is 1. The molecule has 0 bridgehead atoms. The first-order valence-electron chi connectivity index (χ1n) is 5.75. The third kappa shape index (κ3) is 2.76. The highest BCUT2D eigenvalue weighted by molar-refractivity contribution is 7.92. The first-order valence-corrected chi connectivity index (χ1v) is 7.23. The maximum Gasteiger partial charge on any atom is 0.263 e. The molecular weight excluding hydrogens is 269 g/mol. The molecule has 0 amide bonds. The Morgan fingerprint density at radius 3 is 2.79 bits per heavy atom. The van der Waals surface area contributed by atoms with Crippen molar-refractivity contribution in [1.29, 1.82) is 0 Å². The number of anilines is 1. The number of hydrogen-bond acceptors (Lipinski definition) is 3. The molecule has 0 radical (unpaired) electrons. The SMILES string of the molecule is CCc1cn[nH]c1NS(=O)(=O)c1ccc(C)c(F)c1. The predicted molar refractivity (Wildman–Crippen MR) is 69.9 cm³/mol. The standard InChI is InChI=1S/C12H14FN3O2S/c1-3-9-7-14-15-12(9)16-19(17,18)10-5-4-8(2)11(13)6-10/h4-7H,3H2,1-2H3,(H2,14,15,16). The number of nitrogens with one attached hydrogen (secondary N) is 2. The number of aromatic amines is 1. The topological polar surface area (TPSA) is 74.8 Å². The number of hydrogen-bond donors (Lipinski definition) is 2. The fourth-order valence-electron chi connectivity index (χ4n) is 1.60. The van der Waals surface area contributed by atoms with Crippen LogP contribution in [0.1, 0.15) is 18.1 Å². The third-order valence-corrected chi connectivity index (χ3v) is 4.14. The molecule has 0 saturated carbocycles. The summed E-state index contributed by atoms with van der Waals surface area (Å²) in [5.41, 5.74) is 1.14. The van der Waals surface area contributed by atoms with Crippen LogP contribution >= 0.6 is 0 Å². The zero-order valence-electron chi connectivity index (χ0n) is 10.6. The first-order chi connectivity index (χ1) is 8.94. The van der Waals surface area contributed by atoms with Gasteiger partial charge in [-0.15, -0.1) is 0 Å². The van der Waals surface area contributed by atoms with Crippen molar-refractivity contribution in [2.45, 2.75) is 25.2 Å². The lowest BCUT2D eigenvalue weighted by Crippen LogP contribution is -2.14. The number of benzene rings is 1. The van der Waals surface area contributed by atoms with Crippen LogP contribution in [0.2, 0.25) is 0 Å². The Morgan fingerprint density at radius 1 is 1.42 bits per heavy atom. The summed E-state index contributed by atoms with van der Waals surface area (Å²) >= 11 is 0. The Bertz CT molecular complexity index is 695. The second-order valence-electron chi connectivity index (χ2n) is 4.14. The van der Waals surface area contributed by atoms with Crippen LogP contribution in [0.25, 0.3) is 0 Å². The molecule has 5 nitrogen and oxygen atoms in total. The number of H-pyrrole nitrogens is 1. The normalized spacial score (nSPS) is 11.5. The molecule has 1 aromatic carbocycles. The second kappa shape index (κ2) is 5.00. The summed E-state index contributed by atoms with van der Waals surface area (Å²) in [7, 11) is -3.82. The maximum atomic E-state index is 13.4. The van der Waals surface area contributed by atoms with Gasteiger partial charge in [-0.1, -0.05) is 13.0 Å². The molecule has 102 valence electrons. The summed E-state index contributed by atoms with van der Waals surface area (Å²) in [5, 5.41) is 6.35. The molecule has 0 fully saturated rings. The average molecular weight is 283 g/mol. The van der Waals surface area contributed by atoms with E-state index in [4.69, 9.17) is 0 Å². The average Bonchev–Trinajstić information content (AvgIpc) is 2.79. The van der Waals surface area contributed by atoms with Crippen molar-refractivity contribution >= 4 is 15.8 Å². The minimum Gasteiger partial charge on any atom is -0.264 e. The van der Waals surface area contributed by atoms with Gasteiger partial charge in [0.15, 0.2) is 0 Å². The van der Waals surface area contributed by atoms with Gasteiger partial charge >= 0.3 is 0 Å². The molecule has 0 spiro atoms. The van der Waals surface area contributed by atoms with Gasteiger partial charge < -0.3 is 0 Å². The molecular formula is C12H14FN3O2S. The van der Waals surface area contributed by atoms with Gasteiger partial charge in [0.05, 0.1) is 11.1 Å². The number of aromatic nitrogens is 2. The van der Waals surface area contributed by atoms with E-state index in [0.717, 1.165) is 11.6 Å². The summed E-state index contributed by atoms with van der Waals surface area (Å²) in [6.07, 6.45) is 2.18. The summed E-state index contributed by atoms with van der Waals surface area (Å²) in [4.78, 5) is -0.118. The summed E-state index contributed by atoms with van der Waals surface area (Å²) in [6, 6.07) is 3.79. The van der Waals surface area contributed by atoms with Crippen molar-refractivity contribution in [2.24, 2.45) is 0 Å². The van der Waals surface area contributed by atoms with E-state index in [0.29, 0.717) is 17.8 Å². The van der Waals surface area contributed by atoms with Crippen LogP contribution in [-0.4, -0.2) is 18.6 Å². The van der Waals surface area contributed by atoms with E-state index in [1.54, 1.807) is 13.1 Å². The molecule has 0 unspecified atom stereocenters. The number of nitrogens with zero attached hydrogens (tertiary/aromatic N) is 1. The quantitative estimate of drug-likeness (QED) is 0.903. The van der Waals surface area contributed by atoms with Crippen LogP contribution in [0.4, 0.5) is 10.2 Å². The predicted octanol–water partition coefficient (Wildman–Crippen LogP) is 2.22. The van der Waals surface area contributed by atoms with Crippen molar-refractivity contribution in [2.75, 3.05) is 4.72 Å². The monoisotopic (exact) mass is 283 g/mol. The van der Waals surface area contributed by atoms with Crippen molar-refractivity contribution in [3.63, 3.8) is 0 Å². The van der Waals surface area contributed by atoms with E-state index in [1.165, 1.54) is 12.1 Å². The number of aryl methyl sites for hydroxylation is 2. The fraction of sp³-hybridized carbons (Fsp3) is 0.250. The summed E-state index contributed by atoms with van der Waals surface area (Å²) < 4.78 is 40.0. The molecule has 2 aromatic rings. The zero-order chi connectivity index (χ0) is 14.0. The second-order valence-corrected chi connectivity index (χ2v) is 5.82. The first kappa shape index (κ1) is 13.5. The Morgan fingerprint density at radius 2 is 2.16 bits per heavy atom. The van der Waals surface area contributed by atoms with Crippen LogP contribution in [0.5, 0.6) is 0 Å². The van der Waals surface area contributed by atoms with E-state index in [-0.39, 0.29) is 4.90 Å². The van der Waals surface area contributed by atoms with E-state index < -0.39 is 15.8 Å². The molecule has 19 heavy (non-hydrogen) atoms. The Hall–Kier alpha value is -1.89. The van der Waals surface area contributed by atoms with Crippen LogP contribution in [0.3, 0.4) is 0 Å². The molecule has 0 atom stereocenters. The Balaban J connectivity index is 2.35. The number of rotatable bonds is 4. The van der Waals surface area contributed by atoms with Crippen molar-refractivity contribution in [1.82, 2.24) is 10.2 Å². The highest BCUT2D eigenvalue weighted by atomic mass is 32.2. The van der Waals surface area contributed by atoms with Gasteiger partial charge in [-0.3, -0.25) is 9.82 Å². The van der Waals surface area contributed by atoms with Crippen LogP contribution < -0.4 is 4.72 Å². The largest absolute Gasteiger partial charge is 0.264 e. The lowest BCUT2D eigenvalue weighted by molar-refractivity contribution is 0.593. The zero-order valence-corrected chi connectivity index (χ0v) is 11.4. The number of sulfonamides is 1. The smallest absolute Gasteiger partial charge is 0.263 e. The minimum absolute atomic E-state index is 0.118. The van der Waals surface area contributed by atoms with Crippen molar-refractivity contribution < 1.29 is 12.8 Å². The van der Waals surface area contributed by atoms with Gasteiger partial charge in [0.1, 0.15) is 11.6 Å². The molecule has 2 N–H and O–H groups in total. The molecule has 1 aromatic heterocycles. The van der Waals surface area contributed by atoms with Crippen molar-refractivity contribution in [3.05, 3.63) is 41.3 Å². The molecule has 0 saturated heterocycles. The molecule has 0 aliphatic heterocycles. The molecule has 0 aliphatic carbocycles. The Labute approximate surface area is 110 Å². The maximum absolute atomic E-state index is 13.4.